The van der Waals surface area contributed by atoms with Crippen LogP contribution in [0.15, 0.2) is 28.8 Å². The SMILES string of the molecule is COCC(C)(N)c1noc(CCc2ccc(OC)cc2)n1. The van der Waals surface area contributed by atoms with E-state index >= 15 is 0 Å². The Hall–Kier alpha value is -1.92. The van der Waals surface area contributed by atoms with Gasteiger partial charge >= 0.3 is 0 Å². The number of rotatable bonds is 7. The monoisotopic (exact) mass is 291 g/mol. The summed E-state index contributed by atoms with van der Waals surface area (Å²) >= 11 is 0. The molecule has 1 atom stereocenters. The zero-order valence-corrected chi connectivity index (χ0v) is 12.6. The molecule has 0 saturated heterocycles. The van der Waals surface area contributed by atoms with Crippen molar-refractivity contribution in [3.05, 3.63) is 41.5 Å². The lowest BCUT2D eigenvalue weighted by Gasteiger charge is -2.18. The first-order valence-electron chi connectivity index (χ1n) is 6.79. The van der Waals surface area contributed by atoms with E-state index in [4.69, 9.17) is 19.7 Å². The van der Waals surface area contributed by atoms with E-state index in [2.05, 4.69) is 10.1 Å². The summed E-state index contributed by atoms with van der Waals surface area (Å²) in [6, 6.07) is 7.91. The predicted molar refractivity (Wildman–Crippen MR) is 78.1 cm³/mol. The van der Waals surface area contributed by atoms with Crippen LogP contribution in [0, 0.1) is 0 Å². The van der Waals surface area contributed by atoms with Crippen molar-refractivity contribution in [2.75, 3.05) is 20.8 Å². The Morgan fingerprint density at radius 1 is 1.19 bits per heavy atom. The molecule has 0 spiro atoms. The Bertz CT molecular complexity index is 564. The van der Waals surface area contributed by atoms with Gasteiger partial charge in [-0.15, -0.1) is 0 Å². The minimum atomic E-state index is -0.739. The maximum atomic E-state index is 6.08. The van der Waals surface area contributed by atoms with Gasteiger partial charge in [0.1, 0.15) is 11.3 Å². The molecule has 1 unspecified atom stereocenters. The first-order valence-corrected chi connectivity index (χ1v) is 6.79. The molecule has 0 fully saturated rings. The molecular formula is C15H21N3O3. The number of aryl methyl sites for hydroxylation is 2. The van der Waals surface area contributed by atoms with E-state index in [0.29, 0.717) is 24.7 Å². The van der Waals surface area contributed by atoms with Crippen molar-refractivity contribution in [1.82, 2.24) is 10.1 Å². The molecule has 1 aromatic heterocycles. The molecule has 114 valence electrons. The van der Waals surface area contributed by atoms with Gasteiger partial charge in [-0.3, -0.25) is 0 Å². The Kier molecular flexibility index (Phi) is 4.93. The largest absolute Gasteiger partial charge is 0.497 e. The fraction of sp³-hybridized carbons (Fsp3) is 0.467. The lowest BCUT2D eigenvalue weighted by atomic mass is 10.1. The number of nitrogens with zero attached hydrogens (tertiary/aromatic N) is 2. The van der Waals surface area contributed by atoms with Crippen LogP contribution < -0.4 is 10.5 Å². The van der Waals surface area contributed by atoms with Gasteiger partial charge in [0.15, 0.2) is 5.82 Å². The van der Waals surface area contributed by atoms with Crippen molar-refractivity contribution < 1.29 is 14.0 Å². The third-order valence-electron chi connectivity index (χ3n) is 3.21. The average molecular weight is 291 g/mol. The summed E-state index contributed by atoms with van der Waals surface area (Å²) in [7, 11) is 3.24. The second-order valence-corrected chi connectivity index (χ2v) is 5.21. The molecule has 1 heterocycles. The summed E-state index contributed by atoms with van der Waals surface area (Å²) in [5, 5.41) is 3.94. The van der Waals surface area contributed by atoms with Crippen LogP contribution >= 0.6 is 0 Å². The van der Waals surface area contributed by atoms with Crippen molar-refractivity contribution in [3.8, 4) is 5.75 Å². The van der Waals surface area contributed by atoms with E-state index in [1.807, 2.05) is 31.2 Å². The zero-order chi connectivity index (χ0) is 15.3. The average Bonchev–Trinajstić information content (AvgIpc) is 2.95. The Morgan fingerprint density at radius 3 is 2.52 bits per heavy atom. The quantitative estimate of drug-likeness (QED) is 0.835. The summed E-state index contributed by atoms with van der Waals surface area (Å²) < 4.78 is 15.4. The molecule has 0 aliphatic heterocycles. The van der Waals surface area contributed by atoms with Gasteiger partial charge in [-0.05, 0) is 31.0 Å². The lowest BCUT2D eigenvalue weighted by molar-refractivity contribution is 0.135. The highest BCUT2D eigenvalue weighted by molar-refractivity contribution is 5.27. The molecule has 21 heavy (non-hydrogen) atoms. The molecule has 0 bridgehead atoms. The first-order chi connectivity index (χ1) is 10.0. The van der Waals surface area contributed by atoms with Crippen molar-refractivity contribution >= 4 is 0 Å². The highest BCUT2D eigenvalue weighted by Crippen LogP contribution is 2.16. The van der Waals surface area contributed by atoms with Crippen molar-refractivity contribution in [2.24, 2.45) is 5.73 Å². The van der Waals surface area contributed by atoms with Crippen molar-refractivity contribution in [3.63, 3.8) is 0 Å². The standard InChI is InChI=1S/C15H21N3O3/c1-15(16,10-19-2)14-17-13(21-18-14)9-6-11-4-7-12(20-3)8-5-11/h4-5,7-8H,6,9-10,16H2,1-3H3. The van der Waals surface area contributed by atoms with Crippen LogP contribution in [0.5, 0.6) is 5.75 Å². The van der Waals surface area contributed by atoms with Gasteiger partial charge in [0.05, 0.1) is 13.7 Å². The van der Waals surface area contributed by atoms with Gasteiger partial charge in [0.2, 0.25) is 5.89 Å². The van der Waals surface area contributed by atoms with Crippen LogP contribution in [0.3, 0.4) is 0 Å². The smallest absolute Gasteiger partial charge is 0.227 e. The summed E-state index contributed by atoms with van der Waals surface area (Å²) in [5.74, 6) is 1.89. The third-order valence-corrected chi connectivity index (χ3v) is 3.21. The lowest BCUT2D eigenvalue weighted by Crippen LogP contribution is -2.39. The first kappa shape index (κ1) is 15.5. The molecule has 0 aliphatic rings. The maximum Gasteiger partial charge on any atom is 0.227 e. The van der Waals surface area contributed by atoms with E-state index in [-0.39, 0.29) is 0 Å². The molecule has 2 rings (SSSR count). The Balaban J connectivity index is 1.96. The van der Waals surface area contributed by atoms with E-state index in [1.54, 1.807) is 14.2 Å². The number of hydrogen-bond acceptors (Lipinski definition) is 6. The topological polar surface area (TPSA) is 83.4 Å². The summed E-state index contributed by atoms with van der Waals surface area (Å²) in [4.78, 5) is 4.34. The van der Waals surface area contributed by atoms with Crippen LogP contribution in [0.4, 0.5) is 0 Å². The van der Waals surface area contributed by atoms with Crippen molar-refractivity contribution in [1.29, 1.82) is 0 Å². The number of aromatic nitrogens is 2. The second-order valence-electron chi connectivity index (χ2n) is 5.21. The molecular weight excluding hydrogens is 270 g/mol. The molecule has 2 N–H and O–H groups in total. The predicted octanol–water partition coefficient (Wildman–Crippen LogP) is 1.68. The van der Waals surface area contributed by atoms with Crippen LogP contribution in [0.1, 0.15) is 24.2 Å². The van der Waals surface area contributed by atoms with Gasteiger partial charge in [-0.2, -0.15) is 4.98 Å². The fourth-order valence-electron chi connectivity index (χ4n) is 2.00. The normalized spacial score (nSPS) is 13.9. The van der Waals surface area contributed by atoms with Crippen LogP contribution in [-0.4, -0.2) is 31.0 Å². The molecule has 0 amide bonds. The van der Waals surface area contributed by atoms with Gasteiger partial charge in [-0.1, -0.05) is 17.3 Å². The minimum Gasteiger partial charge on any atom is -0.497 e. The molecule has 6 nitrogen and oxygen atoms in total. The highest BCUT2D eigenvalue weighted by atomic mass is 16.5. The minimum absolute atomic E-state index is 0.338. The number of methoxy groups -OCH3 is 2. The van der Waals surface area contributed by atoms with E-state index in [1.165, 1.54) is 5.56 Å². The van der Waals surface area contributed by atoms with Gasteiger partial charge in [0.25, 0.3) is 0 Å². The fourth-order valence-corrected chi connectivity index (χ4v) is 2.00. The second kappa shape index (κ2) is 6.69. The maximum absolute atomic E-state index is 6.08. The summed E-state index contributed by atoms with van der Waals surface area (Å²) in [5.41, 5.74) is 6.52. The zero-order valence-electron chi connectivity index (χ0n) is 12.6. The van der Waals surface area contributed by atoms with Crippen LogP contribution in [0.25, 0.3) is 0 Å². The van der Waals surface area contributed by atoms with Gasteiger partial charge < -0.3 is 19.7 Å². The molecule has 0 aliphatic carbocycles. The number of ether oxygens (including phenoxy) is 2. The van der Waals surface area contributed by atoms with E-state index in [9.17, 15) is 0 Å². The molecule has 1 aromatic carbocycles. The highest BCUT2D eigenvalue weighted by Gasteiger charge is 2.27. The summed E-state index contributed by atoms with van der Waals surface area (Å²) in [6.45, 7) is 2.15. The van der Waals surface area contributed by atoms with E-state index in [0.717, 1.165) is 12.2 Å². The molecule has 0 radical (unpaired) electrons. The third kappa shape index (κ3) is 4.03. The number of hydrogen-bond donors (Lipinski definition) is 1. The Labute approximate surface area is 124 Å². The summed E-state index contributed by atoms with van der Waals surface area (Å²) in [6.07, 6.45) is 1.49. The van der Waals surface area contributed by atoms with Crippen LogP contribution in [-0.2, 0) is 23.1 Å². The van der Waals surface area contributed by atoms with Gasteiger partial charge in [0, 0.05) is 13.5 Å². The molecule has 0 saturated carbocycles. The van der Waals surface area contributed by atoms with Crippen molar-refractivity contribution in [2.45, 2.75) is 25.3 Å². The number of benzene rings is 1. The molecule has 2 aromatic rings. The Morgan fingerprint density at radius 2 is 1.90 bits per heavy atom. The van der Waals surface area contributed by atoms with Crippen LogP contribution in [0.2, 0.25) is 0 Å². The van der Waals surface area contributed by atoms with E-state index < -0.39 is 5.54 Å². The molecule has 6 heteroatoms. The number of nitrogens with two attached hydrogens (primary N) is 1. The van der Waals surface area contributed by atoms with Gasteiger partial charge in [-0.25, -0.2) is 0 Å².